The molecule has 0 fully saturated rings. The van der Waals surface area contributed by atoms with Gasteiger partial charge in [-0.25, -0.2) is 0 Å². The molecule has 2 aromatic carbocycles. The number of para-hydroxylation sites is 1. The molecule has 3 aromatic rings. The van der Waals surface area contributed by atoms with E-state index in [0.717, 1.165) is 17.9 Å². The average molecular weight is 333 g/mol. The molecule has 0 aliphatic rings. The van der Waals surface area contributed by atoms with Crippen LogP contribution in [0, 0.1) is 0 Å². The van der Waals surface area contributed by atoms with Gasteiger partial charge in [-0.15, -0.1) is 5.10 Å². The number of hydrogen-bond acceptors (Lipinski definition) is 6. The van der Waals surface area contributed by atoms with Gasteiger partial charge in [0.2, 0.25) is 5.95 Å². The lowest BCUT2D eigenvalue weighted by atomic mass is 10.1. The quantitative estimate of drug-likeness (QED) is 0.688. The van der Waals surface area contributed by atoms with Gasteiger partial charge in [0.15, 0.2) is 11.6 Å². The number of benzene rings is 2. The summed E-state index contributed by atoms with van der Waals surface area (Å²) in [6.45, 7) is 4.36. The van der Waals surface area contributed by atoms with Crippen LogP contribution >= 0.6 is 0 Å². The molecule has 6 heteroatoms. The van der Waals surface area contributed by atoms with E-state index in [9.17, 15) is 4.79 Å². The summed E-state index contributed by atoms with van der Waals surface area (Å²) in [4.78, 5) is 17.9. The van der Waals surface area contributed by atoms with E-state index in [1.807, 2.05) is 42.5 Å². The molecule has 1 heterocycles. The summed E-state index contributed by atoms with van der Waals surface area (Å²) >= 11 is 0. The van der Waals surface area contributed by atoms with Crippen LogP contribution in [0.2, 0.25) is 0 Å². The minimum absolute atomic E-state index is 0.0351. The van der Waals surface area contributed by atoms with Gasteiger partial charge in [0.1, 0.15) is 0 Å². The Bertz CT molecular complexity index is 849. The Labute approximate surface area is 146 Å². The van der Waals surface area contributed by atoms with Gasteiger partial charge in [-0.1, -0.05) is 18.2 Å². The number of anilines is 4. The molecule has 0 aliphatic heterocycles. The van der Waals surface area contributed by atoms with Crippen LogP contribution in [0.4, 0.5) is 23.1 Å². The first-order valence-corrected chi connectivity index (χ1v) is 8.07. The van der Waals surface area contributed by atoms with Crippen LogP contribution in [0.15, 0.2) is 60.8 Å². The van der Waals surface area contributed by atoms with E-state index in [-0.39, 0.29) is 5.78 Å². The SMILES string of the molecule is CCN(c1ccccc1)c1cnnc(Nc2ccc(C(C)=O)cc2)n1. The van der Waals surface area contributed by atoms with Gasteiger partial charge in [-0.05, 0) is 50.2 Å². The number of carbonyl (C=O) groups excluding carboxylic acids is 1. The zero-order chi connectivity index (χ0) is 17.6. The second-order valence-electron chi connectivity index (χ2n) is 5.48. The fourth-order valence-corrected chi connectivity index (χ4v) is 2.48. The highest BCUT2D eigenvalue weighted by molar-refractivity contribution is 5.94. The predicted molar refractivity (Wildman–Crippen MR) is 98.7 cm³/mol. The predicted octanol–water partition coefficient (Wildman–Crippen LogP) is 3.98. The van der Waals surface area contributed by atoms with Crippen molar-refractivity contribution in [1.82, 2.24) is 15.2 Å². The van der Waals surface area contributed by atoms with Crippen LogP contribution in [0.5, 0.6) is 0 Å². The number of carbonyl (C=O) groups is 1. The topological polar surface area (TPSA) is 71.0 Å². The van der Waals surface area contributed by atoms with E-state index in [1.165, 1.54) is 0 Å². The van der Waals surface area contributed by atoms with E-state index < -0.39 is 0 Å². The Kier molecular flexibility index (Phi) is 4.99. The van der Waals surface area contributed by atoms with Crippen LogP contribution in [0.25, 0.3) is 0 Å². The first-order chi connectivity index (χ1) is 12.2. The molecule has 0 aliphatic carbocycles. The van der Waals surface area contributed by atoms with Crippen LogP contribution in [-0.4, -0.2) is 27.5 Å². The highest BCUT2D eigenvalue weighted by Crippen LogP contribution is 2.23. The Morgan fingerprint density at radius 2 is 1.80 bits per heavy atom. The second-order valence-corrected chi connectivity index (χ2v) is 5.48. The van der Waals surface area contributed by atoms with Crippen LogP contribution in [0.3, 0.4) is 0 Å². The van der Waals surface area contributed by atoms with E-state index in [1.54, 1.807) is 25.3 Å². The van der Waals surface area contributed by atoms with Gasteiger partial charge in [-0.3, -0.25) is 4.79 Å². The van der Waals surface area contributed by atoms with Crippen LogP contribution < -0.4 is 10.2 Å². The molecule has 3 rings (SSSR count). The summed E-state index contributed by atoms with van der Waals surface area (Å²) in [5.74, 6) is 1.15. The van der Waals surface area contributed by atoms with Crippen LogP contribution in [0.1, 0.15) is 24.2 Å². The standard InChI is InChI=1S/C19H19N5O/c1-3-24(17-7-5-4-6-8-17)18-13-20-23-19(22-18)21-16-11-9-15(10-12-16)14(2)25/h4-13H,3H2,1-2H3,(H,21,22,23). The van der Waals surface area contributed by atoms with Crippen molar-refractivity contribution < 1.29 is 4.79 Å². The molecule has 25 heavy (non-hydrogen) atoms. The number of nitrogens with one attached hydrogen (secondary N) is 1. The van der Waals surface area contributed by atoms with Gasteiger partial charge in [0.05, 0.1) is 6.20 Å². The fraction of sp³-hybridized carbons (Fsp3) is 0.158. The summed E-state index contributed by atoms with van der Waals surface area (Å²) in [5.41, 5.74) is 2.51. The largest absolute Gasteiger partial charge is 0.325 e. The smallest absolute Gasteiger partial charge is 0.249 e. The zero-order valence-electron chi connectivity index (χ0n) is 14.2. The van der Waals surface area contributed by atoms with Gasteiger partial charge in [0.25, 0.3) is 0 Å². The highest BCUT2D eigenvalue weighted by Gasteiger charge is 2.10. The Morgan fingerprint density at radius 3 is 2.44 bits per heavy atom. The van der Waals surface area contributed by atoms with E-state index in [4.69, 9.17) is 0 Å². The Hall–Kier alpha value is -3.28. The average Bonchev–Trinajstić information content (AvgIpc) is 2.64. The fourth-order valence-electron chi connectivity index (χ4n) is 2.48. The molecule has 1 N–H and O–H groups in total. The molecular weight excluding hydrogens is 314 g/mol. The van der Waals surface area contributed by atoms with E-state index >= 15 is 0 Å². The number of hydrogen-bond donors (Lipinski definition) is 1. The number of ketones is 1. The minimum atomic E-state index is 0.0351. The molecule has 0 radical (unpaired) electrons. The molecule has 0 saturated heterocycles. The Balaban J connectivity index is 1.82. The van der Waals surface area contributed by atoms with E-state index in [0.29, 0.717) is 17.3 Å². The molecule has 0 bridgehead atoms. The van der Waals surface area contributed by atoms with Gasteiger partial charge in [0, 0.05) is 23.5 Å². The second kappa shape index (κ2) is 7.53. The molecule has 0 unspecified atom stereocenters. The van der Waals surface area contributed by atoms with Gasteiger partial charge in [-0.2, -0.15) is 10.1 Å². The molecular formula is C19H19N5O. The molecule has 1 aromatic heterocycles. The third-order valence-electron chi connectivity index (χ3n) is 3.75. The molecule has 0 atom stereocenters. The summed E-state index contributed by atoms with van der Waals surface area (Å²) < 4.78 is 0. The zero-order valence-corrected chi connectivity index (χ0v) is 14.2. The monoisotopic (exact) mass is 333 g/mol. The maximum atomic E-state index is 11.3. The summed E-state index contributed by atoms with van der Waals surface area (Å²) in [7, 11) is 0. The molecule has 0 spiro atoms. The van der Waals surface area contributed by atoms with Gasteiger partial charge < -0.3 is 10.2 Å². The van der Waals surface area contributed by atoms with E-state index in [2.05, 4.69) is 32.3 Å². The number of nitrogens with zero attached hydrogens (tertiary/aromatic N) is 4. The summed E-state index contributed by atoms with van der Waals surface area (Å²) in [6, 6.07) is 17.2. The summed E-state index contributed by atoms with van der Waals surface area (Å²) in [6.07, 6.45) is 1.64. The lowest BCUT2D eigenvalue weighted by Gasteiger charge is -2.21. The number of Topliss-reactive ketones (excluding diaryl/α,β-unsaturated/α-hetero) is 1. The number of aromatic nitrogens is 3. The van der Waals surface area contributed by atoms with Crippen molar-refractivity contribution in [2.24, 2.45) is 0 Å². The first kappa shape index (κ1) is 16.6. The highest BCUT2D eigenvalue weighted by atomic mass is 16.1. The molecule has 0 saturated carbocycles. The van der Waals surface area contributed by atoms with Crippen molar-refractivity contribution in [2.75, 3.05) is 16.8 Å². The van der Waals surface area contributed by atoms with Crippen molar-refractivity contribution in [1.29, 1.82) is 0 Å². The van der Waals surface area contributed by atoms with Crippen molar-refractivity contribution in [3.05, 3.63) is 66.4 Å². The molecule has 6 nitrogen and oxygen atoms in total. The third kappa shape index (κ3) is 3.98. The van der Waals surface area contributed by atoms with Crippen molar-refractivity contribution >= 4 is 28.9 Å². The van der Waals surface area contributed by atoms with Crippen molar-refractivity contribution in [3.8, 4) is 0 Å². The number of rotatable bonds is 6. The normalized spacial score (nSPS) is 10.3. The maximum absolute atomic E-state index is 11.3. The first-order valence-electron chi connectivity index (χ1n) is 8.07. The van der Waals surface area contributed by atoms with Gasteiger partial charge >= 0.3 is 0 Å². The molecule has 0 amide bonds. The minimum Gasteiger partial charge on any atom is -0.325 e. The maximum Gasteiger partial charge on any atom is 0.249 e. The summed E-state index contributed by atoms with van der Waals surface area (Å²) in [5, 5.41) is 11.2. The third-order valence-corrected chi connectivity index (χ3v) is 3.75. The lowest BCUT2D eigenvalue weighted by molar-refractivity contribution is 0.101. The van der Waals surface area contributed by atoms with Crippen molar-refractivity contribution in [2.45, 2.75) is 13.8 Å². The Morgan fingerprint density at radius 1 is 1.08 bits per heavy atom. The lowest BCUT2D eigenvalue weighted by Crippen LogP contribution is -2.18. The van der Waals surface area contributed by atoms with Crippen LogP contribution in [-0.2, 0) is 0 Å². The molecule has 126 valence electrons. The van der Waals surface area contributed by atoms with Crippen molar-refractivity contribution in [3.63, 3.8) is 0 Å².